The SMILES string of the molecule is Cc1nc(CC(=O)NNS(=O)(=O)c2ccc(Cl)nc2)cs1. The van der Waals surface area contributed by atoms with Crippen LogP contribution in [0.1, 0.15) is 10.7 Å². The highest BCUT2D eigenvalue weighted by atomic mass is 35.5. The van der Waals surface area contributed by atoms with Gasteiger partial charge < -0.3 is 0 Å². The molecule has 2 aromatic rings. The van der Waals surface area contributed by atoms with Crippen LogP contribution >= 0.6 is 22.9 Å². The smallest absolute Gasteiger partial charge is 0.258 e. The van der Waals surface area contributed by atoms with Crippen LogP contribution in [0.2, 0.25) is 5.15 Å². The Hall–Kier alpha value is -1.55. The van der Waals surface area contributed by atoms with Gasteiger partial charge in [0.15, 0.2) is 0 Å². The topological polar surface area (TPSA) is 101 Å². The van der Waals surface area contributed by atoms with Gasteiger partial charge in [0.1, 0.15) is 10.0 Å². The molecule has 0 radical (unpaired) electrons. The summed E-state index contributed by atoms with van der Waals surface area (Å²) in [4.78, 5) is 21.3. The number of amides is 1. The molecule has 0 aromatic carbocycles. The number of sulfonamides is 1. The van der Waals surface area contributed by atoms with Crippen LogP contribution in [0.25, 0.3) is 0 Å². The fourth-order valence-electron chi connectivity index (χ4n) is 1.40. The summed E-state index contributed by atoms with van der Waals surface area (Å²) in [6.07, 6.45) is 1.09. The van der Waals surface area contributed by atoms with E-state index in [1.54, 1.807) is 5.38 Å². The van der Waals surface area contributed by atoms with Gasteiger partial charge >= 0.3 is 0 Å². The van der Waals surface area contributed by atoms with Crippen LogP contribution in [0.3, 0.4) is 0 Å². The van der Waals surface area contributed by atoms with Crippen LogP contribution < -0.4 is 10.3 Å². The van der Waals surface area contributed by atoms with Crippen molar-refractivity contribution in [3.63, 3.8) is 0 Å². The van der Waals surface area contributed by atoms with Crippen molar-refractivity contribution in [3.05, 3.63) is 39.6 Å². The van der Waals surface area contributed by atoms with Crippen molar-refractivity contribution >= 4 is 38.9 Å². The number of aryl methyl sites for hydroxylation is 1. The number of carbonyl (C=O) groups excluding carboxylic acids is 1. The van der Waals surface area contributed by atoms with Crippen molar-refractivity contribution in [2.24, 2.45) is 0 Å². The van der Waals surface area contributed by atoms with E-state index >= 15 is 0 Å². The van der Waals surface area contributed by atoms with E-state index in [1.807, 2.05) is 11.8 Å². The molecule has 7 nitrogen and oxygen atoms in total. The first-order valence-corrected chi connectivity index (χ1v) is 8.44. The first-order valence-electron chi connectivity index (χ1n) is 5.70. The zero-order chi connectivity index (χ0) is 15.5. The molecule has 2 aromatic heterocycles. The summed E-state index contributed by atoms with van der Waals surface area (Å²) in [6.45, 7) is 1.82. The molecule has 0 aliphatic rings. The molecule has 0 unspecified atom stereocenters. The van der Waals surface area contributed by atoms with E-state index in [0.717, 1.165) is 11.2 Å². The summed E-state index contributed by atoms with van der Waals surface area (Å²) in [5.74, 6) is -0.509. The van der Waals surface area contributed by atoms with Gasteiger partial charge in [0.05, 0.1) is 17.1 Å². The van der Waals surface area contributed by atoms with Gasteiger partial charge in [-0.1, -0.05) is 11.6 Å². The Morgan fingerprint density at radius 3 is 2.76 bits per heavy atom. The van der Waals surface area contributed by atoms with Gasteiger partial charge in [-0.3, -0.25) is 10.2 Å². The Morgan fingerprint density at radius 2 is 2.19 bits per heavy atom. The Kier molecular flexibility index (Phi) is 4.88. The Labute approximate surface area is 130 Å². The summed E-state index contributed by atoms with van der Waals surface area (Å²) in [7, 11) is -3.88. The fourth-order valence-corrected chi connectivity index (χ4v) is 2.93. The predicted molar refractivity (Wildman–Crippen MR) is 78.3 cm³/mol. The lowest BCUT2D eigenvalue weighted by atomic mass is 10.3. The number of aromatic nitrogens is 2. The number of rotatable bonds is 5. The third kappa shape index (κ3) is 4.46. The Morgan fingerprint density at radius 1 is 1.43 bits per heavy atom. The normalized spacial score (nSPS) is 11.3. The van der Waals surface area contributed by atoms with Crippen molar-refractivity contribution in [1.29, 1.82) is 0 Å². The van der Waals surface area contributed by atoms with E-state index in [9.17, 15) is 13.2 Å². The van der Waals surface area contributed by atoms with Crippen LogP contribution in [0.15, 0.2) is 28.6 Å². The number of hydrogen-bond donors (Lipinski definition) is 2. The van der Waals surface area contributed by atoms with Crippen molar-refractivity contribution in [2.45, 2.75) is 18.2 Å². The van der Waals surface area contributed by atoms with E-state index in [-0.39, 0.29) is 16.5 Å². The fraction of sp³-hybridized carbons (Fsp3) is 0.182. The van der Waals surface area contributed by atoms with Crippen LogP contribution in [-0.2, 0) is 21.2 Å². The first-order chi connectivity index (χ1) is 9.87. The summed E-state index contributed by atoms with van der Waals surface area (Å²) < 4.78 is 23.8. The standard InChI is InChI=1S/C11H11ClN4O3S2/c1-7-14-8(6-20-7)4-11(17)15-16-21(18,19)9-2-3-10(12)13-5-9/h2-3,5-6,16H,4H2,1H3,(H,15,17). The van der Waals surface area contributed by atoms with E-state index in [2.05, 4.69) is 15.4 Å². The largest absolute Gasteiger partial charge is 0.277 e. The minimum absolute atomic E-state index is 0.00821. The molecular formula is C11H11ClN4O3S2. The molecule has 10 heteroatoms. The van der Waals surface area contributed by atoms with Crippen molar-refractivity contribution in [3.8, 4) is 0 Å². The molecule has 0 saturated heterocycles. The van der Waals surface area contributed by atoms with E-state index in [4.69, 9.17) is 11.6 Å². The average molecular weight is 347 g/mol. The molecule has 0 bridgehead atoms. The van der Waals surface area contributed by atoms with Crippen LogP contribution in [0, 0.1) is 6.92 Å². The minimum atomic E-state index is -3.88. The minimum Gasteiger partial charge on any atom is -0.277 e. The summed E-state index contributed by atoms with van der Waals surface area (Å²) in [5.41, 5.74) is 2.71. The lowest BCUT2D eigenvalue weighted by molar-refractivity contribution is -0.120. The molecule has 1 amide bonds. The molecule has 2 heterocycles. The Balaban J connectivity index is 1.95. The summed E-state index contributed by atoms with van der Waals surface area (Å²) in [6, 6.07) is 2.63. The molecule has 0 fully saturated rings. The zero-order valence-corrected chi connectivity index (χ0v) is 13.2. The lowest BCUT2D eigenvalue weighted by Crippen LogP contribution is -2.42. The highest BCUT2D eigenvalue weighted by molar-refractivity contribution is 7.89. The Bertz CT molecular complexity index is 743. The monoisotopic (exact) mass is 346 g/mol. The van der Waals surface area contributed by atoms with E-state index < -0.39 is 15.9 Å². The van der Waals surface area contributed by atoms with Crippen molar-refractivity contribution < 1.29 is 13.2 Å². The molecule has 2 N–H and O–H groups in total. The number of thiazole rings is 1. The molecule has 0 atom stereocenters. The third-order valence-electron chi connectivity index (χ3n) is 2.34. The van der Waals surface area contributed by atoms with Gasteiger partial charge in [0.2, 0.25) is 5.91 Å². The number of halogens is 1. The molecule has 0 aliphatic carbocycles. The van der Waals surface area contributed by atoms with Crippen molar-refractivity contribution in [1.82, 2.24) is 20.2 Å². The van der Waals surface area contributed by atoms with Gasteiger partial charge in [-0.05, 0) is 19.1 Å². The number of carbonyl (C=O) groups is 1. The number of hydrazine groups is 1. The van der Waals surface area contributed by atoms with Gasteiger partial charge in [0.25, 0.3) is 10.0 Å². The molecule has 0 saturated carbocycles. The van der Waals surface area contributed by atoms with E-state index in [1.165, 1.54) is 23.5 Å². The quantitative estimate of drug-likeness (QED) is 0.622. The third-order valence-corrected chi connectivity index (χ3v) is 4.62. The van der Waals surface area contributed by atoms with Crippen LogP contribution in [0.5, 0.6) is 0 Å². The number of hydrogen-bond acceptors (Lipinski definition) is 6. The summed E-state index contributed by atoms with van der Waals surface area (Å²) >= 11 is 7.00. The molecule has 0 spiro atoms. The van der Waals surface area contributed by atoms with Gasteiger partial charge in [-0.15, -0.1) is 16.2 Å². The number of nitrogens with one attached hydrogen (secondary N) is 2. The molecule has 0 aliphatic heterocycles. The second-order valence-electron chi connectivity index (χ2n) is 4.00. The molecular weight excluding hydrogens is 336 g/mol. The van der Waals surface area contributed by atoms with Gasteiger partial charge in [-0.2, -0.15) is 0 Å². The summed E-state index contributed by atoms with van der Waals surface area (Å²) in [5, 5.41) is 2.76. The second kappa shape index (κ2) is 6.48. The number of nitrogens with zero attached hydrogens (tertiary/aromatic N) is 2. The highest BCUT2D eigenvalue weighted by Crippen LogP contribution is 2.10. The lowest BCUT2D eigenvalue weighted by Gasteiger charge is -2.07. The van der Waals surface area contributed by atoms with Crippen molar-refractivity contribution in [2.75, 3.05) is 0 Å². The molecule has 2 rings (SSSR count). The van der Waals surface area contributed by atoms with Crippen LogP contribution in [0.4, 0.5) is 0 Å². The molecule has 21 heavy (non-hydrogen) atoms. The predicted octanol–water partition coefficient (Wildman–Crippen LogP) is 1.05. The van der Waals surface area contributed by atoms with Gasteiger partial charge in [-0.25, -0.2) is 18.4 Å². The highest BCUT2D eigenvalue weighted by Gasteiger charge is 2.16. The zero-order valence-electron chi connectivity index (χ0n) is 10.8. The number of pyridine rings is 1. The maximum atomic E-state index is 11.9. The van der Waals surface area contributed by atoms with E-state index in [0.29, 0.717) is 5.69 Å². The molecule has 112 valence electrons. The maximum absolute atomic E-state index is 11.9. The second-order valence-corrected chi connectivity index (χ2v) is 7.14. The maximum Gasteiger partial charge on any atom is 0.258 e. The van der Waals surface area contributed by atoms with Crippen LogP contribution in [-0.4, -0.2) is 24.3 Å². The average Bonchev–Trinajstić information content (AvgIpc) is 2.82. The first kappa shape index (κ1) is 15.8. The van der Waals surface area contributed by atoms with Gasteiger partial charge in [0, 0.05) is 11.6 Å².